The molecule has 0 fully saturated rings. The summed E-state index contributed by atoms with van der Waals surface area (Å²) in [5, 5.41) is 0. The molecule has 1 aliphatic rings. The topological polar surface area (TPSA) is 46.2 Å². The third-order valence-corrected chi connectivity index (χ3v) is 8.32. The first kappa shape index (κ1) is 46.9. The molecular formula is C36H37F15O5. The van der Waals surface area contributed by atoms with E-state index < -0.39 is 73.6 Å². The van der Waals surface area contributed by atoms with Crippen LogP contribution in [0.2, 0.25) is 0 Å². The first-order valence-electron chi connectivity index (χ1n) is 17.0. The number of rotatable bonds is 22. The summed E-state index contributed by atoms with van der Waals surface area (Å²) in [6.45, 7) is 0.0844. The molecule has 2 aromatic carbocycles. The number of ether oxygens (including phenoxy) is 5. The van der Waals surface area contributed by atoms with Crippen molar-refractivity contribution >= 4 is 5.57 Å². The van der Waals surface area contributed by atoms with Crippen molar-refractivity contribution in [3.63, 3.8) is 0 Å². The first-order chi connectivity index (χ1) is 25.8. The second-order valence-corrected chi connectivity index (χ2v) is 12.8. The van der Waals surface area contributed by atoms with Crippen LogP contribution in [0.15, 0.2) is 72.6 Å². The summed E-state index contributed by atoms with van der Waals surface area (Å²) in [5.74, 6) is -0.921. The number of unbranched alkanes of at least 4 members (excludes halogenated alkanes) is 5. The third-order valence-electron chi connectivity index (χ3n) is 8.32. The van der Waals surface area contributed by atoms with Gasteiger partial charge in [-0.25, -0.2) is 23.0 Å². The fourth-order valence-corrected chi connectivity index (χ4v) is 5.62. The molecule has 0 aliphatic heterocycles. The molecule has 56 heavy (non-hydrogen) atoms. The summed E-state index contributed by atoms with van der Waals surface area (Å²) in [6.07, 6.45) is -34.8. The standard InChI is InChI=1S/C36H37F15O5/c1-3-4-5-6-7-11-19-30(20-18-27(28(37)29(30)38)24-12-9-8-10-13-24)25-14-16-26(17-15-25)53-23(2)21-52-22-31(39,40)54-32(41,42)33(43,44)55-34(45,46)35(47,48)56-36(49,50)51/h8-10,12-18,20,23,29H,3-7,11,19,21-22H2,1-2H3/t23-,29?,30?/m0/s1. The molecule has 0 amide bonds. The summed E-state index contributed by atoms with van der Waals surface area (Å²) in [7, 11) is 0. The van der Waals surface area contributed by atoms with Gasteiger partial charge < -0.3 is 9.47 Å². The average Bonchev–Trinajstić information content (AvgIpc) is 3.07. The Balaban J connectivity index is 1.64. The predicted octanol–water partition coefficient (Wildman–Crippen LogP) is 12.3. The number of allylic oxidation sites excluding steroid dienone is 4. The normalized spacial score (nSPS) is 19.4. The van der Waals surface area contributed by atoms with Gasteiger partial charge >= 0.3 is 36.9 Å². The molecule has 3 atom stereocenters. The highest BCUT2D eigenvalue weighted by atomic mass is 19.4. The quantitative estimate of drug-likeness (QED) is 0.0873. The Morgan fingerprint density at radius 2 is 1.21 bits per heavy atom. The minimum Gasteiger partial charge on any atom is -0.488 e. The molecule has 0 bridgehead atoms. The molecule has 2 unspecified atom stereocenters. The molecule has 0 radical (unpaired) electrons. The maximum absolute atomic E-state index is 16.2. The zero-order valence-corrected chi connectivity index (χ0v) is 29.6. The predicted molar refractivity (Wildman–Crippen MR) is 170 cm³/mol. The molecule has 0 N–H and O–H groups in total. The van der Waals surface area contributed by atoms with Crippen LogP contribution in [0.25, 0.3) is 5.57 Å². The Morgan fingerprint density at radius 3 is 1.79 bits per heavy atom. The molecule has 2 aromatic rings. The van der Waals surface area contributed by atoms with Gasteiger partial charge in [0.05, 0.1) is 12.0 Å². The molecule has 0 aromatic heterocycles. The molecule has 5 nitrogen and oxygen atoms in total. The van der Waals surface area contributed by atoms with Gasteiger partial charge in [0.15, 0.2) is 6.17 Å². The molecule has 0 saturated heterocycles. The van der Waals surface area contributed by atoms with E-state index in [1.807, 2.05) is 4.74 Å². The molecule has 316 valence electrons. The van der Waals surface area contributed by atoms with Crippen molar-refractivity contribution in [1.82, 2.24) is 0 Å². The Kier molecular flexibility index (Phi) is 15.4. The van der Waals surface area contributed by atoms with Gasteiger partial charge in [0.25, 0.3) is 0 Å². The smallest absolute Gasteiger partial charge is 0.488 e. The summed E-state index contributed by atoms with van der Waals surface area (Å²) < 4.78 is 219. The van der Waals surface area contributed by atoms with Gasteiger partial charge in [-0.3, -0.25) is 0 Å². The van der Waals surface area contributed by atoms with E-state index in [0.717, 1.165) is 32.1 Å². The highest BCUT2D eigenvalue weighted by Crippen LogP contribution is 2.49. The second kappa shape index (κ2) is 18.4. The number of alkyl halides is 14. The van der Waals surface area contributed by atoms with E-state index in [0.29, 0.717) is 17.5 Å². The largest absolute Gasteiger partial charge is 0.527 e. The maximum atomic E-state index is 16.2. The van der Waals surface area contributed by atoms with Crippen LogP contribution in [0, 0.1) is 0 Å². The zero-order valence-electron chi connectivity index (χ0n) is 29.6. The minimum atomic E-state index is -7.15. The van der Waals surface area contributed by atoms with E-state index in [4.69, 9.17) is 4.74 Å². The van der Waals surface area contributed by atoms with E-state index in [1.165, 1.54) is 37.3 Å². The molecule has 20 heteroatoms. The molecular weight excluding hydrogens is 797 g/mol. The lowest BCUT2D eigenvalue weighted by molar-refractivity contribution is -0.564. The summed E-state index contributed by atoms with van der Waals surface area (Å²) in [5.41, 5.74) is -0.467. The Morgan fingerprint density at radius 1 is 0.679 bits per heavy atom. The average molecular weight is 835 g/mol. The molecule has 1 aliphatic carbocycles. The van der Waals surface area contributed by atoms with Crippen molar-refractivity contribution in [2.45, 2.75) is 113 Å². The number of hydrogen-bond acceptors (Lipinski definition) is 5. The van der Waals surface area contributed by atoms with Crippen molar-refractivity contribution in [2.75, 3.05) is 13.2 Å². The van der Waals surface area contributed by atoms with Crippen LogP contribution in [-0.2, 0) is 24.4 Å². The van der Waals surface area contributed by atoms with Crippen LogP contribution in [0.5, 0.6) is 5.75 Å². The van der Waals surface area contributed by atoms with Crippen LogP contribution >= 0.6 is 0 Å². The van der Waals surface area contributed by atoms with Gasteiger partial charge in [-0.2, -0.15) is 43.9 Å². The monoisotopic (exact) mass is 834 g/mol. The lowest BCUT2D eigenvalue weighted by Crippen LogP contribution is -2.57. The summed E-state index contributed by atoms with van der Waals surface area (Å²) in [6, 6.07) is 14.0. The first-order valence-corrected chi connectivity index (χ1v) is 17.0. The summed E-state index contributed by atoms with van der Waals surface area (Å²) in [4.78, 5) is 0. The highest BCUT2D eigenvalue weighted by Gasteiger charge is 2.74. The Hall–Kier alpha value is -3.49. The fourth-order valence-electron chi connectivity index (χ4n) is 5.62. The van der Waals surface area contributed by atoms with E-state index >= 15 is 8.78 Å². The van der Waals surface area contributed by atoms with Crippen molar-refractivity contribution < 1.29 is 89.5 Å². The number of hydrogen-bond donors (Lipinski definition) is 0. The van der Waals surface area contributed by atoms with Gasteiger partial charge in [0.2, 0.25) is 0 Å². The molecule has 0 heterocycles. The van der Waals surface area contributed by atoms with Gasteiger partial charge in [-0.15, -0.1) is 13.2 Å². The fraction of sp³-hybridized carbons (Fsp3) is 0.556. The van der Waals surface area contributed by atoms with Gasteiger partial charge in [0, 0.05) is 5.57 Å². The van der Waals surface area contributed by atoms with Crippen molar-refractivity contribution in [1.29, 1.82) is 0 Å². The minimum absolute atomic E-state index is 0.0364. The van der Waals surface area contributed by atoms with Crippen LogP contribution in [0.4, 0.5) is 65.9 Å². The van der Waals surface area contributed by atoms with Gasteiger partial charge in [-0.05, 0) is 36.6 Å². The van der Waals surface area contributed by atoms with Crippen molar-refractivity contribution in [3.8, 4) is 5.75 Å². The van der Waals surface area contributed by atoms with Crippen LogP contribution in [-0.4, -0.2) is 62.4 Å². The second-order valence-electron chi connectivity index (χ2n) is 12.8. The van der Waals surface area contributed by atoms with Gasteiger partial charge in [0.1, 0.15) is 24.3 Å². The maximum Gasteiger partial charge on any atom is 0.527 e. The van der Waals surface area contributed by atoms with Crippen molar-refractivity contribution in [2.24, 2.45) is 0 Å². The lowest BCUT2D eigenvalue weighted by Gasteiger charge is -2.37. The Bertz CT molecular complexity index is 1600. The van der Waals surface area contributed by atoms with E-state index in [1.54, 1.807) is 41.1 Å². The summed E-state index contributed by atoms with van der Waals surface area (Å²) >= 11 is 0. The van der Waals surface area contributed by atoms with Crippen molar-refractivity contribution in [3.05, 3.63) is 83.7 Å². The van der Waals surface area contributed by atoms with E-state index in [9.17, 15) is 57.1 Å². The van der Waals surface area contributed by atoms with Crippen LogP contribution < -0.4 is 4.74 Å². The lowest BCUT2D eigenvalue weighted by atomic mass is 9.69. The molecule has 0 saturated carbocycles. The molecule has 3 rings (SSSR count). The van der Waals surface area contributed by atoms with E-state index in [2.05, 4.69) is 16.4 Å². The zero-order chi connectivity index (χ0) is 42.2. The number of halogens is 15. The van der Waals surface area contributed by atoms with E-state index in [-0.39, 0.29) is 17.7 Å². The van der Waals surface area contributed by atoms with Gasteiger partial charge in [-0.1, -0.05) is 100 Å². The van der Waals surface area contributed by atoms with Crippen LogP contribution in [0.1, 0.15) is 69.9 Å². The Labute approximate surface area is 311 Å². The molecule has 0 spiro atoms. The van der Waals surface area contributed by atoms with Crippen LogP contribution in [0.3, 0.4) is 0 Å². The number of benzene rings is 2. The highest BCUT2D eigenvalue weighted by molar-refractivity contribution is 5.78. The third kappa shape index (κ3) is 12.3. The SMILES string of the molecule is CCCCCCCCC1(c2ccc(O[C@@H](C)COCC(F)(F)OC(F)(F)C(F)(F)OC(F)(F)C(F)(F)OC(F)(F)F)cc2)C=CC(c2ccccc2)=C(F)C1F.